The molecule has 1 aromatic carbocycles. The van der Waals surface area contributed by atoms with Crippen molar-refractivity contribution in [1.29, 1.82) is 0 Å². The Morgan fingerprint density at radius 1 is 1.32 bits per heavy atom. The number of thioether (sulfide) groups is 1. The summed E-state index contributed by atoms with van der Waals surface area (Å²) in [6, 6.07) is 10.9. The van der Waals surface area contributed by atoms with Gasteiger partial charge >= 0.3 is 0 Å². The molecule has 2 aromatic rings. The van der Waals surface area contributed by atoms with Crippen molar-refractivity contribution in [3.63, 3.8) is 0 Å². The van der Waals surface area contributed by atoms with Gasteiger partial charge in [-0.05, 0) is 25.6 Å². The third-order valence-electron chi connectivity index (χ3n) is 3.14. The summed E-state index contributed by atoms with van der Waals surface area (Å²) in [6.07, 6.45) is 5.20. The van der Waals surface area contributed by atoms with Gasteiger partial charge in [0.2, 0.25) is 0 Å². The topological polar surface area (TPSA) is 29.9 Å². The van der Waals surface area contributed by atoms with E-state index in [0.29, 0.717) is 6.04 Å². The minimum atomic E-state index is 0.413. The molecule has 0 saturated heterocycles. The van der Waals surface area contributed by atoms with Crippen LogP contribution in [-0.4, -0.2) is 22.6 Å². The molecule has 0 aliphatic carbocycles. The van der Waals surface area contributed by atoms with Crippen molar-refractivity contribution in [3.8, 4) is 0 Å². The molecule has 1 unspecified atom stereocenters. The van der Waals surface area contributed by atoms with Crippen LogP contribution in [0.25, 0.3) is 0 Å². The maximum absolute atomic E-state index is 4.43. The highest BCUT2D eigenvalue weighted by atomic mass is 32.2. The second-order valence-corrected chi connectivity index (χ2v) is 5.62. The second-order valence-electron chi connectivity index (χ2n) is 4.45. The van der Waals surface area contributed by atoms with Gasteiger partial charge < -0.3 is 5.32 Å². The lowest BCUT2D eigenvalue weighted by Gasteiger charge is -2.10. The first kappa shape index (κ1) is 14.2. The highest BCUT2D eigenvalue weighted by molar-refractivity contribution is 7.99. The number of benzene rings is 1. The van der Waals surface area contributed by atoms with Gasteiger partial charge in [0, 0.05) is 28.5 Å². The molecule has 0 amide bonds. The van der Waals surface area contributed by atoms with Gasteiger partial charge in [0.05, 0.1) is 12.7 Å². The summed E-state index contributed by atoms with van der Waals surface area (Å²) in [5.74, 6) is 1.04. The Balaban J connectivity index is 1.83. The maximum Gasteiger partial charge on any atom is 0.0537 e. The first-order valence-electron chi connectivity index (χ1n) is 6.71. The molecule has 3 nitrogen and oxygen atoms in total. The predicted molar refractivity (Wildman–Crippen MR) is 81.5 cm³/mol. The van der Waals surface area contributed by atoms with Gasteiger partial charge in [0.15, 0.2) is 0 Å². The van der Waals surface area contributed by atoms with Gasteiger partial charge in [-0.1, -0.05) is 25.1 Å². The molecule has 102 valence electrons. The molecule has 1 heterocycles. The van der Waals surface area contributed by atoms with Crippen LogP contribution in [-0.2, 0) is 6.54 Å². The molecule has 0 bridgehead atoms. The van der Waals surface area contributed by atoms with Gasteiger partial charge in [-0.15, -0.1) is 11.8 Å². The lowest BCUT2D eigenvalue weighted by Crippen LogP contribution is -2.14. The molecule has 1 N–H and O–H groups in total. The first-order valence-corrected chi connectivity index (χ1v) is 7.69. The molecule has 2 rings (SSSR count). The summed E-state index contributed by atoms with van der Waals surface area (Å²) in [5, 5.41) is 7.73. The summed E-state index contributed by atoms with van der Waals surface area (Å²) in [7, 11) is 2.00. The van der Waals surface area contributed by atoms with Crippen LogP contribution in [0.4, 0.5) is 0 Å². The molecule has 4 heteroatoms. The fraction of sp³-hybridized carbons (Fsp3) is 0.400. The second kappa shape index (κ2) is 7.36. The fourth-order valence-electron chi connectivity index (χ4n) is 2.06. The molecule has 0 spiro atoms. The number of rotatable bonds is 7. The summed E-state index contributed by atoms with van der Waals surface area (Å²) in [4.78, 5) is 1.32. The normalized spacial score (nSPS) is 12.5. The van der Waals surface area contributed by atoms with Crippen LogP contribution < -0.4 is 5.32 Å². The minimum Gasteiger partial charge on any atom is -0.313 e. The van der Waals surface area contributed by atoms with Gasteiger partial charge in [-0.2, -0.15) is 5.10 Å². The predicted octanol–water partition coefficient (Wildman–Crippen LogP) is 3.35. The zero-order valence-corrected chi connectivity index (χ0v) is 12.4. The summed E-state index contributed by atoms with van der Waals surface area (Å²) in [5.41, 5.74) is 1.27. The standard InChI is InChI=1S/C15H21N3S/c1-3-15(16-2)13-11-17-18(12-13)9-10-19-14-7-5-4-6-8-14/h4-8,11-12,15-16H,3,9-10H2,1-2H3. The highest BCUT2D eigenvalue weighted by Gasteiger charge is 2.08. The molecule has 0 aliphatic rings. The smallest absolute Gasteiger partial charge is 0.0537 e. The first-order chi connectivity index (χ1) is 9.33. The van der Waals surface area contributed by atoms with Crippen LogP contribution in [0, 0.1) is 0 Å². The van der Waals surface area contributed by atoms with Gasteiger partial charge in [0.25, 0.3) is 0 Å². The van der Waals surface area contributed by atoms with Crippen LogP contribution in [0.2, 0.25) is 0 Å². The SMILES string of the molecule is CCC(NC)c1cnn(CCSc2ccccc2)c1. The molecule has 0 radical (unpaired) electrons. The van der Waals surface area contributed by atoms with Crippen molar-refractivity contribution in [2.24, 2.45) is 0 Å². The third kappa shape index (κ3) is 4.11. The quantitative estimate of drug-likeness (QED) is 0.786. The molecular formula is C15H21N3S. The van der Waals surface area contributed by atoms with Crippen LogP contribution in [0.15, 0.2) is 47.6 Å². The van der Waals surface area contributed by atoms with Gasteiger partial charge in [-0.3, -0.25) is 4.68 Å². The number of aryl methyl sites for hydroxylation is 1. The molecule has 0 aliphatic heterocycles. The average Bonchev–Trinajstić information content (AvgIpc) is 2.90. The van der Waals surface area contributed by atoms with E-state index >= 15 is 0 Å². The maximum atomic E-state index is 4.43. The Morgan fingerprint density at radius 2 is 2.11 bits per heavy atom. The molecule has 0 saturated carbocycles. The van der Waals surface area contributed by atoms with E-state index in [4.69, 9.17) is 0 Å². The number of hydrogen-bond acceptors (Lipinski definition) is 3. The number of aromatic nitrogens is 2. The van der Waals surface area contributed by atoms with E-state index in [1.807, 2.05) is 35.8 Å². The van der Waals surface area contributed by atoms with Crippen LogP contribution >= 0.6 is 11.8 Å². The Bertz CT molecular complexity index is 477. The molecule has 0 fully saturated rings. The molecule has 19 heavy (non-hydrogen) atoms. The van der Waals surface area contributed by atoms with Crippen LogP contribution in [0.3, 0.4) is 0 Å². The van der Waals surface area contributed by atoms with Crippen molar-refractivity contribution < 1.29 is 0 Å². The lowest BCUT2D eigenvalue weighted by molar-refractivity contribution is 0.575. The molecule has 1 atom stereocenters. The van der Waals surface area contributed by atoms with Crippen LogP contribution in [0.1, 0.15) is 24.9 Å². The van der Waals surface area contributed by atoms with E-state index in [-0.39, 0.29) is 0 Å². The van der Waals surface area contributed by atoms with E-state index in [1.54, 1.807) is 0 Å². The molecular weight excluding hydrogens is 254 g/mol. The fourth-order valence-corrected chi connectivity index (χ4v) is 2.93. The number of nitrogens with one attached hydrogen (secondary N) is 1. The monoisotopic (exact) mass is 275 g/mol. The zero-order valence-electron chi connectivity index (χ0n) is 11.5. The summed E-state index contributed by atoms with van der Waals surface area (Å²) in [6.45, 7) is 3.13. The summed E-state index contributed by atoms with van der Waals surface area (Å²) < 4.78 is 2.03. The average molecular weight is 275 g/mol. The van der Waals surface area contributed by atoms with E-state index < -0.39 is 0 Å². The number of nitrogens with zero attached hydrogens (tertiary/aromatic N) is 2. The summed E-state index contributed by atoms with van der Waals surface area (Å²) >= 11 is 1.87. The third-order valence-corrected chi connectivity index (χ3v) is 4.14. The van der Waals surface area contributed by atoms with Gasteiger partial charge in [0.1, 0.15) is 0 Å². The van der Waals surface area contributed by atoms with Crippen LogP contribution in [0.5, 0.6) is 0 Å². The van der Waals surface area contributed by atoms with E-state index in [1.165, 1.54) is 10.5 Å². The Morgan fingerprint density at radius 3 is 2.79 bits per heavy atom. The largest absolute Gasteiger partial charge is 0.313 e. The molecule has 1 aromatic heterocycles. The lowest BCUT2D eigenvalue weighted by atomic mass is 10.1. The van der Waals surface area contributed by atoms with Crippen molar-refractivity contribution in [3.05, 3.63) is 48.3 Å². The van der Waals surface area contributed by atoms with Crippen molar-refractivity contribution in [2.75, 3.05) is 12.8 Å². The van der Waals surface area contributed by atoms with Crippen molar-refractivity contribution in [1.82, 2.24) is 15.1 Å². The Hall–Kier alpha value is -1.26. The zero-order chi connectivity index (χ0) is 13.5. The minimum absolute atomic E-state index is 0.413. The van der Waals surface area contributed by atoms with Gasteiger partial charge in [-0.25, -0.2) is 0 Å². The van der Waals surface area contributed by atoms with Crippen molar-refractivity contribution in [2.45, 2.75) is 30.8 Å². The Kier molecular flexibility index (Phi) is 5.48. The highest BCUT2D eigenvalue weighted by Crippen LogP contribution is 2.18. The van der Waals surface area contributed by atoms with E-state index in [9.17, 15) is 0 Å². The van der Waals surface area contributed by atoms with Crippen molar-refractivity contribution >= 4 is 11.8 Å². The van der Waals surface area contributed by atoms with E-state index in [0.717, 1.165) is 18.7 Å². The number of hydrogen-bond donors (Lipinski definition) is 1. The Labute approximate surface area is 119 Å². The van der Waals surface area contributed by atoms with E-state index in [2.05, 4.69) is 47.8 Å².